The Morgan fingerprint density at radius 1 is 1.47 bits per heavy atom. The zero-order valence-corrected chi connectivity index (χ0v) is 10.2. The third-order valence-electron chi connectivity index (χ3n) is 2.10. The Balaban J connectivity index is 2.36. The molecule has 0 aliphatic carbocycles. The first-order chi connectivity index (χ1) is 7.16. The van der Waals surface area contributed by atoms with Gasteiger partial charge in [-0.15, -0.1) is 5.10 Å². The number of hydrogen-bond acceptors (Lipinski definition) is 4. The molecular formula is C10H11N3S2. The Bertz CT molecular complexity index is 515. The summed E-state index contributed by atoms with van der Waals surface area (Å²) in [5, 5.41) is 7.79. The monoisotopic (exact) mass is 237 g/mol. The van der Waals surface area contributed by atoms with Crippen molar-refractivity contribution in [1.82, 2.24) is 10.2 Å². The standard InChI is InChI=1S/C10H11N3S2/c1-7-4-3-5-8(6-7)13(2)9-11-12-10(14)15-9/h3-6H,1-2H3,(H,12,14). The normalized spacial score (nSPS) is 10.3. The topological polar surface area (TPSA) is 31.9 Å². The quantitative estimate of drug-likeness (QED) is 0.813. The number of rotatable bonds is 2. The van der Waals surface area contributed by atoms with Crippen LogP contribution in [-0.2, 0) is 0 Å². The van der Waals surface area contributed by atoms with E-state index in [1.165, 1.54) is 16.9 Å². The lowest BCUT2D eigenvalue weighted by atomic mass is 10.2. The van der Waals surface area contributed by atoms with Gasteiger partial charge in [0.15, 0.2) is 3.95 Å². The Kier molecular flexibility index (Phi) is 2.83. The molecule has 0 radical (unpaired) electrons. The molecule has 0 bridgehead atoms. The van der Waals surface area contributed by atoms with Gasteiger partial charge in [0.1, 0.15) is 0 Å². The number of nitrogens with one attached hydrogen (secondary N) is 1. The molecule has 1 heterocycles. The van der Waals surface area contributed by atoms with Crippen molar-refractivity contribution in [3.63, 3.8) is 0 Å². The van der Waals surface area contributed by atoms with Gasteiger partial charge in [0.25, 0.3) is 0 Å². The van der Waals surface area contributed by atoms with Crippen molar-refractivity contribution >= 4 is 34.4 Å². The second-order valence-electron chi connectivity index (χ2n) is 3.29. The first-order valence-corrected chi connectivity index (χ1v) is 5.75. The van der Waals surface area contributed by atoms with E-state index in [-0.39, 0.29) is 0 Å². The van der Waals surface area contributed by atoms with E-state index in [1.807, 2.05) is 18.0 Å². The molecule has 2 aromatic rings. The number of hydrogen-bond donors (Lipinski definition) is 1. The predicted octanol–water partition coefficient (Wildman–Crippen LogP) is 3.28. The highest BCUT2D eigenvalue weighted by Crippen LogP contribution is 2.25. The fourth-order valence-electron chi connectivity index (χ4n) is 1.31. The summed E-state index contributed by atoms with van der Waals surface area (Å²) in [6.45, 7) is 2.07. The van der Waals surface area contributed by atoms with E-state index < -0.39 is 0 Å². The Hall–Kier alpha value is -1.20. The third kappa shape index (κ3) is 2.24. The number of nitrogens with zero attached hydrogens (tertiary/aromatic N) is 2. The Morgan fingerprint density at radius 3 is 2.87 bits per heavy atom. The molecule has 0 aliphatic rings. The van der Waals surface area contributed by atoms with Crippen LogP contribution in [0.15, 0.2) is 24.3 Å². The fourth-order valence-corrected chi connectivity index (χ4v) is 2.17. The van der Waals surface area contributed by atoms with Gasteiger partial charge in [-0.2, -0.15) is 0 Å². The minimum absolute atomic E-state index is 0.699. The largest absolute Gasteiger partial charge is 0.320 e. The Labute approximate surface area is 97.4 Å². The van der Waals surface area contributed by atoms with E-state index >= 15 is 0 Å². The smallest absolute Gasteiger partial charge is 0.211 e. The molecule has 15 heavy (non-hydrogen) atoms. The lowest BCUT2D eigenvalue weighted by molar-refractivity contribution is 1.04. The van der Waals surface area contributed by atoms with Crippen LogP contribution in [0.1, 0.15) is 5.56 Å². The molecule has 5 heteroatoms. The average Bonchev–Trinajstić information content (AvgIpc) is 2.64. The molecule has 0 atom stereocenters. The molecule has 78 valence electrons. The molecule has 0 spiro atoms. The number of benzene rings is 1. The number of aromatic nitrogens is 2. The SMILES string of the molecule is Cc1cccc(N(C)c2n[nH]c(=S)s2)c1. The van der Waals surface area contributed by atoms with Gasteiger partial charge in [-0.1, -0.05) is 23.5 Å². The van der Waals surface area contributed by atoms with Crippen molar-refractivity contribution in [1.29, 1.82) is 0 Å². The first kappa shape index (κ1) is 10.3. The molecular weight excluding hydrogens is 226 g/mol. The van der Waals surface area contributed by atoms with Crippen molar-refractivity contribution in [2.24, 2.45) is 0 Å². The highest BCUT2D eigenvalue weighted by Gasteiger charge is 2.06. The molecule has 1 aromatic carbocycles. The van der Waals surface area contributed by atoms with Gasteiger partial charge >= 0.3 is 0 Å². The summed E-state index contributed by atoms with van der Waals surface area (Å²) < 4.78 is 0.699. The maximum atomic E-state index is 5.00. The summed E-state index contributed by atoms with van der Waals surface area (Å²) in [7, 11) is 1.98. The van der Waals surface area contributed by atoms with Crippen molar-refractivity contribution < 1.29 is 0 Å². The van der Waals surface area contributed by atoms with Crippen LogP contribution in [0.5, 0.6) is 0 Å². The lowest BCUT2D eigenvalue weighted by Gasteiger charge is -2.15. The van der Waals surface area contributed by atoms with Gasteiger partial charge in [-0.3, -0.25) is 5.10 Å². The van der Waals surface area contributed by atoms with Gasteiger partial charge < -0.3 is 4.90 Å². The Morgan fingerprint density at radius 2 is 2.27 bits per heavy atom. The summed E-state index contributed by atoms with van der Waals surface area (Å²) in [6, 6.07) is 8.28. The first-order valence-electron chi connectivity index (χ1n) is 4.53. The number of aromatic amines is 1. The zero-order chi connectivity index (χ0) is 10.8. The van der Waals surface area contributed by atoms with E-state index in [2.05, 4.69) is 35.3 Å². The van der Waals surface area contributed by atoms with Crippen LogP contribution in [-0.4, -0.2) is 17.2 Å². The summed E-state index contributed by atoms with van der Waals surface area (Å²) in [5.74, 6) is 0. The second kappa shape index (κ2) is 4.12. The van der Waals surface area contributed by atoms with E-state index in [0.717, 1.165) is 10.8 Å². The maximum Gasteiger partial charge on any atom is 0.211 e. The van der Waals surface area contributed by atoms with E-state index in [9.17, 15) is 0 Å². The maximum absolute atomic E-state index is 5.00. The van der Waals surface area contributed by atoms with Crippen molar-refractivity contribution in [3.8, 4) is 0 Å². The van der Waals surface area contributed by atoms with E-state index in [4.69, 9.17) is 12.2 Å². The second-order valence-corrected chi connectivity index (χ2v) is 4.94. The molecule has 0 unspecified atom stereocenters. The predicted molar refractivity (Wildman–Crippen MR) is 66.5 cm³/mol. The molecule has 0 aliphatic heterocycles. The third-order valence-corrected chi connectivity index (χ3v) is 3.27. The molecule has 0 amide bonds. The van der Waals surface area contributed by atoms with Crippen LogP contribution in [0.4, 0.5) is 10.8 Å². The molecule has 0 saturated carbocycles. The van der Waals surface area contributed by atoms with Crippen LogP contribution in [0.3, 0.4) is 0 Å². The van der Waals surface area contributed by atoms with Crippen molar-refractivity contribution in [2.45, 2.75) is 6.92 Å². The van der Waals surface area contributed by atoms with E-state index in [0.29, 0.717) is 3.95 Å². The summed E-state index contributed by atoms with van der Waals surface area (Å²) in [5.41, 5.74) is 2.35. The highest BCUT2D eigenvalue weighted by atomic mass is 32.1. The van der Waals surface area contributed by atoms with E-state index in [1.54, 1.807) is 0 Å². The van der Waals surface area contributed by atoms with Gasteiger partial charge in [0.2, 0.25) is 5.13 Å². The zero-order valence-electron chi connectivity index (χ0n) is 8.52. The highest BCUT2D eigenvalue weighted by molar-refractivity contribution is 7.73. The summed E-state index contributed by atoms with van der Waals surface area (Å²) in [6.07, 6.45) is 0. The van der Waals surface area contributed by atoms with Crippen LogP contribution in [0, 0.1) is 10.9 Å². The molecule has 1 aromatic heterocycles. The van der Waals surface area contributed by atoms with Gasteiger partial charge in [0, 0.05) is 12.7 Å². The van der Waals surface area contributed by atoms with Crippen molar-refractivity contribution in [3.05, 3.63) is 33.8 Å². The minimum atomic E-state index is 0.699. The number of H-pyrrole nitrogens is 1. The van der Waals surface area contributed by atoms with Crippen LogP contribution >= 0.6 is 23.6 Å². The lowest BCUT2D eigenvalue weighted by Crippen LogP contribution is -2.08. The number of aryl methyl sites for hydroxylation is 1. The summed E-state index contributed by atoms with van der Waals surface area (Å²) in [4.78, 5) is 2.02. The van der Waals surface area contributed by atoms with Gasteiger partial charge in [0.05, 0.1) is 0 Å². The minimum Gasteiger partial charge on any atom is -0.320 e. The van der Waals surface area contributed by atoms with Crippen LogP contribution < -0.4 is 4.90 Å². The molecule has 2 rings (SSSR count). The molecule has 0 saturated heterocycles. The van der Waals surface area contributed by atoms with Gasteiger partial charge in [-0.25, -0.2) is 0 Å². The van der Waals surface area contributed by atoms with Crippen molar-refractivity contribution in [2.75, 3.05) is 11.9 Å². The average molecular weight is 237 g/mol. The van der Waals surface area contributed by atoms with Crippen LogP contribution in [0.25, 0.3) is 0 Å². The fraction of sp³-hybridized carbons (Fsp3) is 0.200. The van der Waals surface area contributed by atoms with Crippen LogP contribution in [0.2, 0.25) is 0 Å². The molecule has 3 nitrogen and oxygen atoms in total. The van der Waals surface area contributed by atoms with Gasteiger partial charge in [-0.05, 0) is 36.8 Å². The summed E-state index contributed by atoms with van der Waals surface area (Å²) >= 11 is 6.47. The number of anilines is 2. The molecule has 1 N–H and O–H groups in total. The molecule has 0 fully saturated rings.